The molecule has 1 spiro atoms. The number of aromatic nitrogens is 3. The van der Waals surface area contributed by atoms with Crippen LogP contribution in [0.25, 0.3) is 0 Å². The van der Waals surface area contributed by atoms with Gasteiger partial charge in [0.1, 0.15) is 11.0 Å². The van der Waals surface area contributed by atoms with Gasteiger partial charge in [0.25, 0.3) is 5.91 Å². The second-order valence-electron chi connectivity index (χ2n) is 8.45. The molecule has 4 heterocycles. The minimum Gasteiger partial charge on any atom is -0.356 e. The third-order valence-corrected chi connectivity index (χ3v) is 7.22. The fourth-order valence-electron chi connectivity index (χ4n) is 4.16. The molecule has 1 N–H and O–H groups in total. The van der Waals surface area contributed by atoms with Crippen molar-refractivity contribution in [2.24, 2.45) is 0 Å². The average molecular weight is 512 g/mol. The number of benzene rings is 1. The van der Waals surface area contributed by atoms with E-state index in [1.165, 1.54) is 11.8 Å². The summed E-state index contributed by atoms with van der Waals surface area (Å²) < 4.78 is 11.6. The molecule has 3 aromatic rings. The predicted octanol–water partition coefficient (Wildman–Crippen LogP) is 4.09. The smallest absolute Gasteiger partial charge is 0.251 e. The van der Waals surface area contributed by atoms with Crippen LogP contribution < -0.4 is 10.2 Å². The molecule has 10 heteroatoms. The first-order valence-electron chi connectivity index (χ1n) is 11.5. The fourth-order valence-corrected chi connectivity index (χ4v) is 5.20. The Morgan fingerprint density at radius 3 is 2.46 bits per heavy atom. The average Bonchev–Trinajstić information content (AvgIpc) is 3.35. The Morgan fingerprint density at radius 2 is 1.74 bits per heavy atom. The number of piperidine rings is 1. The van der Waals surface area contributed by atoms with Crippen molar-refractivity contribution < 1.29 is 14.3 Å². The number of hydrogen-bond acceptors (Lipinski definition) is 8. The monoisotopic (exact) mass is 511 g/mol. The molecule has 0 radical (unpaired) electrons. The van der Waals surface area contributed by atoms with Crippen molar-refractivity contribution in [3.63, 3.8) is 0 Å². The van der Waals surface area contributed by atoms with E-state index in [9.17, 15) is 4.79 Å². The van der Waals surface area contributed by atoms with Gasteiger partial charge >= 0.3 is 0 Å². The van der Waals surface area contributed by atoms with Crippen molar-refractivity contribution in [3.05, 3.63) is 76.7 Å². The molecule has 182 valence electrons. The van der Waals surface area contributed by atoms with Crippen molar-refractivity contribution in [1.82, 2.24) is 20.3 Å². The van der Waals surface area contributed by atoms with Gasteiger partial charge in [0.05, 0.1) is 13.2 Å². The van der Waals surface area contributed by atoms with Crippen LogP contribution in [0, 0.1) is 0 Å². The maximum absolute atomic E-state index is 12.4. The number of halogens is 1. The molecule has 5 rings (SSSR count). The molecule has 2 fully saturated rings. The number of carbonyl (C=O) groups is 1. The molecule has 35 heavy (non-hydrogen) atoms. The van der Waals surface area contributed by atoms with E-state index in [-0.39, 0.29) is 5.91 Å². The number of pyridine rings is 1. The van der Waals surface area contributed by atoms with Crippen LogP contribution in [-0.2, 0) is 21.8 Å². The van der Waals surface area contributed by atoms with E-state index >= 15 is 0 Å². The number of anilines is 1. The summed E-state index contributed by atoms with van der Waals surface area (Å²) in [6.45, 7) is 3.38. The van der Waals surface area contributed by atoms with Gasteiger partial charge in [-0.3, -0.25) is 9.78 Å². The molecular weight excluding hydrogens is 486 g/mol. The maximum atomic E-state index is 12.4. The second-order valence-corrected chi connectivity index (χ2v) is 9.78. The molecule has 1 amide bonds. The highest BCUT2D eigenvalue weighted by Crippen LogP contribution is 2.33. The molecule has 2 aliphatic rings. The van der Waals surface area contributed by atoms with Crippen LogP contribution in [0.1, 0.15) is 34.3 Å². The zero-order valence-corrected chi connectivity index (χ0v) is 20.7. The van der Waals surface area contributed by atoms with Crippen LogP contribution in [-0.4, -0.2) is 52.9 Å². The van der Waals surface area contributed by atoms with Crippen LogP contribution in [0.2, 0.25) is 5.15 Å². The standard InChI is InChI=1S/C25H26ClN5O3S/c26-21-15-22(31-11-7-25(8-12-31)33-13-14-34-25)30-24(29-21)35-17-19-1-3-20(4-2-19)23(32)28-16-18-5-9-27-10-6-18/h1-6,9-10,15H,7-8,11-14,16-17H2,(H,28,32). The van der Waals surface area contributed by atoms with Crippen molar-refractivity contribution >= 4 is 35.1 Å². The van der Waals surface area contributed by atoms with E-state index in [2.05, 4.69) is 20.2 Å². The van der Waals surface area contributed by atoms with Gasteiger partial charge in [-0.2, -0.15) is 0 Å². The first kappa shape index (κ1) is 24.0. The molecule has 0 saturated carbocycles. The fraction of sp³-hybridized carbons (Fsp3) is 0.360. The predicted molar refractivity (Wildman–Crippen MR) is 135 cm³/mol. The molecular formula is C25H26ClN5O3S. The molecule has 0 aliphatic carbocycles. The third kappa shape index (κ3) is 6.10. The summed E-state index contributed by atoms with van der Waals surface area (Å²) in [5, 5.41) is 3.97. The summed E-state index contributed by atoms with van der Waals surface area (Å²) in [6, 6.07) is 13.1. The molecule has 2 aliphatic heterocycles. The van der Waals surface area contributed by atoms with Gasteiger partial charge in [-0.05, 0) is 35.4 Å². The minimum atomic E-state index is -0.424. The number of hydrogen-bond donors (Lipinski definition) is 1. The number of ether oxygens (including phenoxy) is 2. The Hall–Kier alpha value is -2.72. The molecule has 0 unspecified atom stereocenters. The number of rotatable bonds is 7. The molecule has 2 saturated heterocycles. The lowest BCUT2D eigenvalue weighted by atomic mass is 10.0. The van der Waals surface area contributed by atoms with Crippen molar-refractivity contribution in [1.29, 1.82) is 0 Å². The Kier molecular flexibility index (Phi) is 7.48. The summed E-state index contributed by atoms with van der Waals surface area (Å²) in [5.74, 6) is 0.957. The molecule has 0 bridgehead atoms. The number of thioether (sulfide) groups is 1. The zero-order chi connectivity index (χ0) is 24.1. The number of carbonyl (C=O) groups excluding carboxylic acids is 1. The van der Waals surface area contributed by atoms with Gasteiger partial charge in [-0.1, -0.05) is 35.5 Å². The van der Waals surface area contributed by atoms with Crippen molar-refractivity contribution in [3.8, 4) is 0 Å². The molecule has 8 nitrogen and oxygen atoms in total. The van der Waals surface area contributed by atoms with E-state index in [1.807, 2.05) is 36.4 Å². The summed E-state index contributed by atoms with van der Waals surface area (Å²) in [7, 11) is 0. The van der Waals surface area contributed by atoms with Crippen LogP contribution in [0.4, 0.5) is 5.82 Å². The van der Waals surface area contributed by atoms with E-state index in [0.29, 0.717) is 41.4 Å². The van der Waals surface area contributed by atoms with Gasteiger partial charge < -0.3 is 19.7 Å². The Labute approximate surface area is 213 Å². The summed E-state index contributed by atoms with van der Waals surface area (Å²) in [4.78, 5) is 27.7. The third-order valence-electron chi connectivity index (χ3n) is 6.11. The highest BCUT2D eigenvalue weighted by atomic mass is 35.5. The van der Waals surface area contributed by atoms with E-state index in [0.717, 1.165) is 42.9 Å². The van der Waals surface area contributed by atoms with Crippen molar-refractivity contribution in [2.45, 2.75) is 36.1 Å². The summed E-state index contributed by atoms with van der Waals surface area (Å²) >= 11 is 7.83. The van der Waals surface area contributed by atoms with Crippen LogP contribution in [0.5, 0.6) is 0 Å². The number of nitrogens with zero attached hydrogens (tertiary/aromatic N) is 4. The van der Waals surface area contributed by atoms with E-state index in [1.54, 1.807) is 18.5 Å². The van der Waals surface area contributed by atoms with Crippen molar-refractivity contribution in [2.75, 3.05) is 31.2 Å². The lowest BCUT2D eigenvalue weighted by Crippen LogP contribution is -2.45. The second kappa shape index (κ2) is 10.9. The lowest BCUT2D eigenvalue weighted by molar-refractivity contribution is -0.169. The topological polar surface area (TPSA) is 89.5 Å². The van der Waals surface area contributed by atoms with Gasteiger partial charge in [0.2, 0.25) is 0 Å². The number of amides is 1. The van der Waals surface area contributed by atoms with E-state index in [4.69, 9.17) is 26.1 Å². The molecule has 1 aromatic carbocycles. The van der Waals surface area contributed by atoms with Crippen LogP contribution in [0.3, 0.4) is 0 Å². The summed E-state index contributed by atoms with van der Waals surface area (Å²) in [5.41, 5.74) is 2.69. The normalized spacial score (nSPS) is 17.0. The first-order chi connectivity index (χ1) is 17.1. The molecule has 0 atom stereocenters. The maximum Gasteiger partial charge on any atom is 0.251 e. The zero-order valence-electron chi connectivity index (χ0n) is 19.2. The van der Waals surface area contributed by atoms with Gasteiger partial charge in [0, 0.05) is 62.3 Å². The van der Waals surface area contributed by atoms with Crippen LogP contribution in [0.15, 0.2) is 60.0 Å². The quantitative estimate of drug-likeness (QED) is 0.288. The van der Waals surface area contributed by atoms with Gasteiger partial charge in [0.15, 0.2) is 10.9 Å². The van der Waals surface area contributed by atoms with Gasteiger partial charge in [-0.15, -0.1) is 0 Å². The van der Waals surface area contributed by atoms with E-state index < -0.39 is 5.79 Å². The highest BCUT2D eigenvalue weighted by molar-refractivity contribution is 7.98. The Bertz CT molecular complexity index is 1150. The Morgan fingerprint density at radius 1 is 1.03 bits per heavy atom. The van der Waals surface area contributed by atoms with Gasteiger partial charge in [-0.25, -0.2) is 9.97 Å². The highest BCUT2D eigenvalue weighted by Gasteiger charge is 2.40. The minimum absolute atomic E-state index is 0.111. The summed E-state index contributed by atoms with van der Waals surface area (Å²) in [6.07, 6.45) is 5.03. The Balaban J connectivity index is 1.15. The SMILES string of the molecule is O=C(NCc1ccncc1)c1ccc(CSc2nc(Cl)cc(N3CCC4(CC3)OCCO4)n2)cc1. The largest absolute Gasteiger partial charge is 0.356 e. The lowest BCUT2D eigenvalue weighted by Gasteiger charge is -2.38. The first-order valence-corrected chi connectivity index (χ1v) is 12.9. The molecule has 2 aromatic heterocycles. The number of nitrogens with one attached hydrogen (secondary N) is 1. The van der Waals surface area contributed by atoms with Crippen LogP contribution >= 0.6 is 23.4 Å².